The Bertz CT molecular complexity index is 430. The fourth-order valence-electron chi connectivity index (χ4n) is 1.77. The van der Waals surface area contributed by atoms with Crippen LogP contribution in [0, 0.1) is 5.82 Å². The Morgan fingerprint density at radius 1 is 1.21 bits per heavy atom. The van der Waals surface area contributed by atoms with Crippen molar-refractivity contribution in [2.24, 2.45) is 4.99 Å². The molecule has 0 fully saturated rings. The van der Waals surface area contributed by atoms with Crippen LogP contribution in [0.1, 0.15) is 25.8 Å². The molecule has 0 saturated carbocycles. The predicted molar refractivity (Wildman–Crippen MR) is 56.7 cm³/mol. The van der Waals surface area contributed by atoms with Crippen LogP contribution < -0.4 is 0 Å². The van der Waals surface area contributed by atoms with Gasteiger partial charge in [0.15, 0.2) is 0 Å². The normalized spacial score (nSPS) is 16.1. The van der Waals surface area contributed by atoms with Gasteiger partial charge >= 0.3 is 0 Å². The number of aliphatic imine (C=N–C) groups is 1. The monoisotopic (exact) mass is 189 g/mol. The Morgan fingerprint density at radius 3 is 2.50 bits per heavy atom. The quantitative estimate of drug-likeness (QED) is 0.641. The molecule has 0 aliphatic carbocycles. The lowest BCUT2D eigenvalue weighted by atomic mass is 10.0. The summed E-state index contributed by atoms with van der Waals surface area (Å²) in [5, 5.41) is 0. The molecule has 0 aromatic heterocycles. The van der Waals surface area contributed by atoms with Gasteiger partial charge in [0.25, 0.3) is 0 Å². The Morgan fingerprint density at radius 2 is 1.93 bits per heavy atom. The molecule has 0 amide bonds. The summed E-state index contributed by atoms with van der Waals surface area (Å²) >= 11 is 0. The van der Waals surface area contributed by atoms with E-state index in [0.717, 1.165) is 23.4 Å². The summed E-state index contributed by atoms with van der Waals surface area (Å²) < 4.78 is 13.5. The number of benzene rings is 1. The number of halogens is 1. The van der Waals surface area contributed by atoms with Gasteiger partial charge in [0, 0.05) is 23.4 Å². The predicted octanol–water partition coefficient (Wildman–Crippen LogP) is 3.42. The summed E-state index contributed by atoms with van der Waals surface area (Å²) in [4.78, 5) is 4.32. The van der Waals surface area contributed by atoms with Crippen LogP contribution in [0.25, 0.3) is 5.57 Å². The lowest BCUT2D eigenvalue weighted by Gasteiger charge is -2.04. The molecule has 1 aliphatic rings. The average Bonchev–Trinajstić information content (AvgIpc) is 2.46. The van der Waals surface area contributed by atoms with E-state index in [1.165, 1.54) is 6.07 Å². The molecule has 0 spiro atoms. The molecule has 1 aliphatic heterocycles. The minimum atomic E-state index is -0.160. The van der Waals surface area contributed by atoms with E-state index in [0.29, 0.717) is 5.56 Å². The van der Waals surface area contributed by atoms with E-state index in [1.807, 2.05) is 26.0 Å². The van der Waals surface area contributed by atoms with Gasteiger partial charge in [-0.2, -0.15) is 0 Å². The minimum absolute atomic E-state index is 0.160. The molecular weight excluding hydrogens is 177 g/mol. The molecular formula is C12H12FN. The molecule has 2 heteroatoms. The Balaban J connectivity index is 2.44. The van der Waals surface area contributed by atoms with Gasteiger partial charge in [-0.3, -0.25) is 4.99 Å². The number of rotatable bonds is 1. The molecule has 0 atom stereocenters. The molecule has 0 radical (unpaired) electrons. The van der Waals surface area contributed by atoms with Crippen molar-refractivity contribution in [2.45, 2.75) is 20.3 Å². The van der Waals surface area contributed by atoms with Crippen LogP contribution in [-0.2, 0) is 0 Å². The third-order valence-electron chi connectivity index (χ3n) is 2.43. The maximum atomic E-state index is 13.5. The first-order chi connectivity index (χ1) is 6.68. The van der Waals surface area contributed by atoms with Gasteiger partial charge in [0.1, 0.15) is 5.82 Å². The SMILES string of the molecule is CC1=NC(C)=C(c2ccccc2F)C1. The van der Waals surface area contributed by atoms with Gasteiger partial charge in [0.05, 0.1) is 0 Å². The van der Waals surface area contributed by atoms with Gasteiger partial charge in [-0.15, -0.1) is 0 Å². The first-order valence-electron chi connectivity index (χ1n) is 4.67. The van der Waals surface area contributed by atoms with Gasteiger partial charge in [-0.25, -0.2) is 4.39 Å². The lowest BCUT2D eigenvalue weighted by molar-refractivity contribution is 0.623. The maximum Gasteiger partial charge on any atom is 0.130 e. The van der Waals surface area contributed by atoms with Gasteiger partial charge in [0.2, 0.25) is 0 Å². The lowest BCUT2D eigenvalue weighted by Crippen LogP contribution is -1.91. The third-order valence-corrected chi connectivity index (χ3v) is 2.43. The van der Waals surface area contributed by atoms with Gasteiger partial charge in [-0.1, -0.05) is 18.2 Å². The molecule has 0 unspecified atom stereocenters. The summed E-state index contributed by atoms with van der Waals surface area (Å²) in [6.07, 6.45) is 0.771. The zero-order valence-corrected chi connectivity index (χ0v) is 8.34. The van der Waals surface area contributed by atoms with Crippen molar-refractivity contribution in [2.75, 3.05) is 0 Å². The van der Waals surface area contributed by atoms with E-state index in [2.05, 4.69) is 4.99 Å². The Hall–Kier alpha value is -1.44. The third kappa shape index (κ3) is 1.48. The number of hydrogen-bond donors (Lipinski definition) is 0. The largest absolute Gasteiger partial charge is 0.262 e. The van der Waals surface area contributed by atoms with E-state index in [4.69, 9.17) is 0 Å². The van der Waals surface area contributed by atoms with Gasteiger partial charge < -0.3 is 0 Å². The Kier molecular flexibility index (Phi) is 2.20. The van der Waals surface area contributed by atoms with Crippen molar-refractivity contribution >= 4 is 11.3 Å². The van der Waals surface area contributed by atoms with Crippen LogP contribution in [0.5, 0.6) is 0 Å². The second-order valence-electron chi connectivity index (χ2n) is 3.57. The summed E-state index contributed by atoms with van der Waals surface area (Å²) in [5.41, 5.74) is 3.69. The molecule has 1 nitrogen and oxygen atoms in total. The standard InChI is InChI=1S/C12H12FN/c1-8-7-11(9(2)14-8)10-5-3-4-6-12(10)13/h3-6H,7H2,1-2H3. The van der Waals surface area contributed by atoms with Crippen molar-refractivity contribution in [3.05, 3.63) is 41.3 Å². The Labute approximate surface area is 83.0 Å². The van der Waals surface area contributed by atoms with E-state index < -0.39 is 0 Å². The highest BCUT2D eigenvalue weighted by molar-refractivity contribution is 5.98. The van der Waals surface area contributed by atoms with E-state index in [-0.39, 0.29) is 5.82 Å². The van der Waals surface area contributed by atoms with Gasteiger partial charge in [-0.05, 0) is 25.5 Å². The molecule has 72 valence electrons. The second kappa shape index (κ2) is 3.37. The molecule has 0 saturated heterocycles. The summed E-state index contributed by atoms with van der Waals surface area (Å²) in [6, 6.07) is 6.86. The topological polar surface area (TPSA) is 12.4 Å². The molecule has 1 aromatic rings. The number of nitrogens with zero attached hydrogens (tertiary/aromatic N) is 1. The fraction of sp³-hybridized carbons (Fsp3) is 0.250. The van der Waals surface area contributed by atoms with Crippen LogP contribution in [-0.4, -0.2) is 5.71 Å². The van der Waals surface area contributed by atoms with Crippen LogP contribution in [0.2, 0.25) is 0 Å². The second-order valence-corrected chi connectivity index (χ2v) is 3.57. The zero-order chi connectivity index (χ0) is 10.1. The maximum absolute atomic E-state index is 13.5. The van der Waals surface area contributed by atoms with Crippen molar-refractivity contribution in [3.63, 3.8) is 0 Å². The number of hydrogen-bond acceptors (Lipinski definition) is 1. The highest BCUT2D eigenvalue weighted by Crippen LogP contribution is 2.30. The minimum Gasteiger partial charge on any atom is -0.262 e. The van der Waals surface area contributed by atoms with E-state index in [1.54, 1.807) is 6.07 Å². The number of allylic oxidation sites excluding steroid dienone is 2. The van der Waals surface area contributed by atoms with E-state index >= 15 is 0 Å². The smallest absolute Gasteiger partial charge is 0.130 e. The van der Waals surface area contributed by atoms with Crippen molar-refractivity contribution < 1.29 is 4.39 Å². The molecule has 0 bridgehead atoms. The van der Waals surface area contributed by atoms with Crippen LogP contribution >= 0.6 is 0 Å². The summed E-state index contributed by atoms with van der Waals surface area (Å²) in [6.45, 7) is 3.90. The molecule has 1 heterocycles. The molecule has 2 rings (SSSR count). The fourth-order valence-corrected chi connectivity index (χ4v) is 1.77. The first kappa shape index (κ1) is 9.13. The highest BCUT2D eigenvalue weighted by Gasteiger charge is 2.15. The van der Waals surface area contributed by atoms with Crippen molar-refractivity contribution in [3.8, 4) is 0 Å². The summed E-state index contributed by atoms with van der Waals surface area (Å²) in [5.74, 6) is -0.160. The highest BCUT2D eigenvalue weighted by atomic mass is 19.1. The summed E-state index contributed by atoms with van der Waals surface area (Å²) in [7, 11) is 0. The molecule has 14 heavy (non-hydrogen) atoms. The first-order valence-corrected chi connectivity index (χ1v) is 4.67. The van der Waals surface area contributed by atoms with Crippen molar-refractivity contribution in [1.82, 2.24) is 0 Å². The van der Waals surface area contributed by atoms with E-state index in [9.17, 15) is 4.39 Å². The molecule has 1 aromatic carbocycles. The van der Waals surface area contributed by atoms with Crippen LogP contribution in [0.15, 0.2) is 35.0 Å². The molecule has 0 N–H and O–H groups in total. The van der Waals surface area contributed by atoms with Crippen LogP contribution in [0.4, 0.5) is 4.39 Å². The average molecular weight is 189 g/mol. The van der Waals surface area contributed by atoms with Crippen LogP contribution in [0.3, 0.4) is 0 Å². The van der Waals surface area contributed by atoms with Crippen molar-refractivity contribution in [1.29, 1.82) is 0 Å². The zero-order valence-electron chi connectivity index (χ0n) is 8.34.